The summed E-state index contributed by atoms with van der Waals surface area (Å²) in [6.07, 6.45) is 1.37. The largest absolute Gasteiger partial charge is 0.380 e. The van der Waals surface area contributed by atoms with E-state index >= 15 is 0 Å². The van der Waals surface area contributed by atoms with Gasteiger partial charge >= 0.3 is 0 Å². The van der Waals surface area contributed by atoms with E-state index in [4.69, 9.17) is 10.5 Å². The van der Waals surface area contributed by atoms with Crippen LogP contribution in [0, 0.1) is 0 Å². The van der Waals surface area contributed by atoms with Gasteiger partial charge in [0.2, 0.25) is 10.0 Å². The molecule has 6 heteroatoms. The molecule has 0 amide bonds. The highest BCUT2D eigenvalue weighted by atomic mass is 32.2. The van der Waals surface area contributed by atoms with Crippen molar-refractivity contribution < 1.29 is 13.2 Å². The molecule has 0 aromatic heterocycles. The molecule has 2 N–H and O–H groups in total. The van der Waals surface area contributed by atoms with Crippen molar-refractivity contribution >= 4 is 10.0 Å². The molecule has 0 radical (unpaired) electrons. The number of ether oxygens (including phenoxy) is 1. The van der Waals surface area contributed by atoms with E-state index in [-0.39, 0.29) is 12.6 Å². The fourth-order valence-corrected chi connectivity index (χ4v) is 3.65. The molecule has 1 fully saturated rings. The molecular formula is C9H20N2O3S. The molecule has 1 heterocycles. The van der Waals surface area contributed by atoms with Gasteiger partial charge in [0.15, 0.2) is 0 Å². The van der Waals surface area contributed by atoms with Gasteiger partial charge in [0, 0.05) is 26.7 Å². The minimum Gasteiger partial charge on any atom is -0.380 e. The number of hydrogen-bond acceptors (Lipinski definition) is 4. The lowest BCUT2D eigenvalue weighted by atomic mass is 10.3. The highest BCUT2D eigenvalue weighted by molar-refractivity contribution is 7.89. The Balaban J connectivity index is 2.71. The maximum Gasteiger partial charge on any atom is 0.218 e. The second-order valence-electron chi connectivity index (χ2n) is 3.82. The third-order valence-electron chi connectivity index (χ3n) is 2.94. The normalized spacial score (nSPS) is 25.7. The Morgan fingerprint density at radius 1 is 1.60 bits per heavy atom. The maximum absolute atomic E-state index is 12.0. The minimum atomic E-state index is -3.22. The van der Waals surface area contributed by atoms with Crippen molar-refractivity contribution in [1.82, 2.24) is 4.31 Å². The number of hydrogen-bond donors (Lipinski definition) is 1. The number of sulfonamides is 1. The first-order valence-electron chi connectivity index (χ1n) is 5.28. The van der Waals surface area contributed by atoms with Gasteiger partial charge in [-0.3, -0.25) is 0 Å². The topological polar surface area (TPSA) is 72.6 Å². The molecule has 2 unspecified atom stereocenters. The predicted molar refractivity (Wildman–Crippen MR) is 59.0 cm³/mol. The summed E-state index contributed by atoms with van der Waals surface area (Å²) >= 11 is 0. The Kier molecular flexibility index (Phi) is 4.51. The zero-order valence-electron chi connectivity index (χ0n) is 9.35. The van der Waals surface area contributed by atoms with Crippen LogP contribution >= 0.6 is 0 Å². The molecule has 1 saturated heterocycles. The van der Waals surface area contributed by atoms with Crippen molar-refractivity contribution in [1.29, 1.82) is 0 Å². The van der Waals surface area contributed by atoms with Crippen LogP contribution in [0.5, 0.6) is 0 Å². The van der Waals surface area contributed by atoms with Crippen molar-refractivity contribution in [2.24, 2.45) is 5.73 Å². The maximum atomic E-state index is 12.0. The van der Waals surface area contributed by atoms with Crippen LogP contribution in [0.2, 0.25) is 0 Å². The van der Waals surface area contributed by atoms with Gasteiger partial charge in [-0.15, -0.1) is 0 Å². The lowest BCUT2D eigenvalue weighted by molar-refractivity contribution is 0.115. The summed E-state index contributed by atoms with van der Waals surface area (Å²) in [4.78, 5) is 0. The fraction of sp³-hybridized carbons (Fsp3) is 1.00. The first-order valence-corrected chi connectivity index (χ1v) is 6.78. The van der Waals surface area contributed by atoms with Crippen molar-refractivity contribution in [3.05, 3.63) is 0 Å². The summed E-state index contributed by atoms with van der Waals surface area (Å²) < 4.78 is 30.7. The molecule has 0 spiro atoms. The van der Waals surface area contributed by atoms with E-state index in [1.54, 1.807) is 7.11 Å². The van der Waals surface area contributed by atoms with Gasteiger partial charge in [-0.05, 0) is 12.8 Å². The van der Waals surface area contributed by atoms with Crippen molar-refractivity contribution in [2.75, 3.05) is 26.7 Å². The first kappa shape index (κ1) is 12.9. The molecule has 1 rings (SSSR count). The van der Waals surface area contributed by atoms with E-state index in [0.717, 1.165) is 6.42 Å². The quantitative estimate of drug-likeness (QED) is 0.716. The van der Waals surface area contributed by atoms with E-state index in [2.05, 4.69) is 0 Å². The molecule has 0 aromatic rings. The third kappa shape index (κ3) is 2.69. The van der Waals surface area contributed by atoms with Crippen LogP contribution in [0.15, 0.2) is 0 Å². The van der Waals surface area contributed by atoms with Crippen molar-refractivity contribution in [3.8, 4) is 0 Å². The number of nitrogens with zero attached hydrogens (tertiary/aromatic N) is 1. The Labute approximate surface area is 91.6 Å². The van der Waals surface area contributed by atoms with Gasteiger partial charge < -0.3 is 10.5 Å². The van der Waals surface area contributed by atoms with E-state index in [1.165, 1.54) is 4.31 Å². The van der Waals surface area contributed by atoms with Gasteiger partial charge in [-0.2, -0.15) is 4.31 Å². The van der Waals surface area contributed by atoms with E-state index in [9.17, 15) is 8.42 Å². The van der Waals surface area contributed by atoms with Crippen molar-refractivity contribution in [3.63, 3.8) is 0 Å². The molecule has 1 aliphatic heterocycles. The third-order valence-corrected chi connectivity index (χ3v) is 5.36. The van der Waals surface area contributed by atoms with Crippen LogP contribution in [0.25, 0.3) is 0 Å². The lowest BCUT2D eigenvalue weighted by Crippen LogP contribution is -2.41. The molecule has 0 bridgehead atoms. The second kappa shape index (κ2) is 5.25. The van der Waals surface area contributed by atoms with Crippen molar-refractivity contribution in [2.45, 2.75) is 31.1 Å². The highest BCUT2D eigenvalue weighted by Crippen LogP contribution is 2.19. The molecule has 15 heavy (non-hydrogen) atoms. The molecule has 2 atom stereocenters. The monoisotopic (exact) mass is 236 g/mol. The summed E-state index contributed by atoms with van der Waals surface area (Å²) in [5, 5.41) is -0.451. The molecule has 0 saturated carbocycles. The number of nitrogens with two attached hydrogens (primary N) is 1. The second-order valence-corrected chi connectivity index (χ2v) is 6.03. The number of rotatable bonds is 5. The fourth-order valence-electron chi connectivity index (χ4n) is 1.83. The minimum absolute atomic E-state index is 0.0371. The van der Waals surface area contributed by atoms with Crippen LogP contribution in [-0.2, 0) is 14.8 Å². The summed E-state index contributed by atoms with van der Waals surface area (Å²) in [6.45, 7) is 3.05. The molecule has 1 aliphatic rings. The van der Waals surface area contributed by atoms with Crippen LogP contribution in [0.3, 0.4) is 0 Å². The summed E-state index contributed by atoms with van der Waals surface area (Å²) in [7, 11) is -1.60. The Morgan fingerprint density at radius 3 is 2.67 bits per heavy atom. The Morgan fingerprint density at radius 2 is 2.27 bits per heavy atom. The smallest absolute Gasteiger partial charge is 0.218 e. The highest BCUT2D eigenvalue weighted by Gasteiger charge is 2.35. The Bertz CT molecular complexity index is 288. The van der Waals surface area contributed by atoms with Crippen LogP contribution in [0.4, 0.5) is 0 Å². The van der Waals surface area contributed by atoms with Crippen LogP contribution in [0.1, 0.15) is 19.8 Å². The molecule has 0 aliphatic carbocycles. The van der Waals surface area contributed by atoms with Gasteiger partial charge in [-0.25, -0.2) is 8.42 Å². The molecule has 90 valence electrons. The predicted octanol–water partition coefficient (Wildman–Crippen LogP) is -0.226. The SMILES string of the molecule is CCC(CN)S(=O)(=O)N1CCC(OC)C1. The zero-order valence-corrected chi connectivity index (χ0v) is 10.2. The Hall–Kier alpha value is -0.170. The average molecular weight is 236 g/mol. The van der Waals surface area contributed by atoms with Crippen LogP contribution in [-0.4, -0.2) is 50.8 Å². The van der Waals surface area contributed by atoms with Gasteiger partial charge in [0.05, 0.1) is 11.4 Å². The van der Waals surface area contributed by atoms with Gasteiger partial charge in [-0.1, -0.05) is 6.92 Å². The van der Waals surface area contributed by atoms with E-state index < -0.39 is 15.3 Å². The van der Waals surface area contributed by atoms with Gasteiger partial charge in [0.25, 0.3) is 0 Å². The molecular weight excluding hydrogens is 216 g/mol. The average Bonchev–Trinajstić information content (AvgIpc) is 2.67. The van der Waals surface area contributed by atoms with Gasteiger partial charge in [0.1, 0.15) is 0 Å². The first-order chi connectivity index (χ1) is 7.06. The summed E-state index contributed by atoms with van der Waals surface area (Å²) in [5.74, 6) is 0. The zero-order chi connectivity index (χ0) is 11.5. The number of methoxy groups -OCH3 is 1. The summed E-state index contributed by atoms with van der Waals surface area (Å²) in [5.41, 5.74) is 5.47. The van der Waals surface area contributed by atoms with E-state index in [1.807, 2.05) is 6.92 Å². The lowest BCUT2D eigenvalue weighted by Gasteiger charge is -2.22. The van der Waals surface area contributed by atoms with E-state index in [0.29, 0.717) is 19.5 Å². The van der Waals surface area contributed by atoms with Crippen LogP contribution < -0.4 is 5.73 Å². The standard InChI is InChI=1S/C9H20N2O3S/c1-3-9(6-10)15(12,13)11-5-4-8(7-11)14-2/h8-9H,3-7,10H2,1-2H3. The molecule has 0 aromatic carbocycles. The summed E-state index contributed by atoms with van der Waals surface area (Å²) in [6, 6.07) is 0. The molecule has 5 nitrogen and oxygen atoms in total.